The Morgan fingerprint density at radius 3 is 2.88 bits per heavy atom. The molecular weight excluding hydrogens is 212 g/mol. The maximum absolute atomic E-state index is 4.46. The van der Waals surface area contributed by atoms with Crippen LogP contribution in [0.25, 0.3) is 0 Å². The lowest BCUT2D eigenvalue weighted by molar-refractivity contribution is 0.399. The molecule has 0 unspecified atom stereocenters. The predicted molar refractivity (Wildman–Crippen MR) is 70.1 cm³/mol. The fourth-order valence-corrected chi connectivity index (χ4v) is 2.38. The van der Waals surface area contributed by atoms with Crippen molar-refractivity contribution in [1.29, 1.82) is 0 Å². The van der Waals surface area contributed by atoms with Crippen molar-refractivity contribution in [1.82, 2.24) is 20.4 Å². The van der Waals surface area contributed by atoms with E-state index in [2.05, 4.69) is 34.5 Å². The molecule has 1 aromatic rings. The predicted octanol–water partition coefficient (Wildman–Crippen LogP) is 1.33. The van der Waals surface area contributed by atoms with Crippen molar-refractivity contribution in [2.75, 3.05) is 27.2 Å². The summed E-state index contributed by atoms with van der Waals surface area (Å²) in [4.78, 5) is 2.19. The lowest BCUT2D eigenvalue weighted by Crippen LogP contribution is -2.26. The zero-order valence-corrected chi connectivity index (χ0v) is 11.1. The number of H-pyrrole nitrogens is 1. The van der Waals surface area contributed by atoms with E-state index in [0.717, 1.165) is 19.6 Å². The molecule has 1 aliphatic carbocycles. The molecule has 4 nitrogen and oxygen atoms in total. The average molecular weight is 236 g/mol. The fraction of sp³-hybridized carbons (Fsp3) is 0.769. The molecular formula is C13H24N4. The van der Waals surface area contributed by atoms with E-state index in [1.807, 2.05) is 0 Å². The maximum Gasteiger partial charge on any atom is 0.0794 e. The molecule has 0 saturated heterocycles. The first-order chi connectivity index (χ1) is 8.27. The SMILES string of the molecule is CN(C)CCNCc1n[nH]c2c1CCCCC2. The third-order valence-electron chi connectivity index (χ3n) is 3.42. The molecule has 0 radical (unpaired) electrons. The number of likely N-dealkylation sites (N-methyl/N-ethyl adjacent to an activating group) is 1. The van der Waals surface area contributed by atoms with Gasteiger partial charge in [-0.05, 0) is 45.3 Å². The second-order valence-electron chi connectivity index (χ2n) is 5.17. The van der Waals surface area contributed by atoms with Gasteiger partial charge in [-0.15, -0.1) is 0 Å². The first-order valence-electron chi connectivity index (χ1n) is 6.68. The molecule has 96 valence electrons. The molecule has 0 atom stereocenters. The highest BCUT2D eigenvalue weighted by molar-refractivity contribution is 5.26. The van der Waals surface area contributed by atoms with E-state index in [-0.39, 0.29) is 0 Å². The third kappa shape index (κ3) is 3.54. The normalized spacial score (nSPS) is 15.9. The van der Waals surface area contributed by atoms with Crippen LogP contribution < -0.4 is 5.32 Å². The van der Waals surface area contributed by atoms with E-state index < -0.39 is 0 Å². The summed E-state index contributed by atoms with van der Waals surface area (Å²) in [6.07, 6.45) is 6.37. The Balaban J connectivity index is 1.86. The molecule has 1 aromatic heterocycles. The molecule has 4 heteroatoms. The van der Waals surface area contributed by atoms with Crippen LogP contribution in [0.2, 0.25) is 0 Å². The molecule has 0 aliphatic heterocycles. The summed E-state index contributed by atoms with van der Waals surface area (Å²) in [5.41, 5.74) is 4.10. The average Bonchev–Trinajstić information content (AvgIpc) is 2.54. The molecule has 2 rings (SSSR count). The van der Waals surface area contributed by atoms with Crippen LogP contribution in [-0.4, -0.2) is 42.3 Å². The topological polar surface area (TPSA) is 44.0 Å². The van der Waals surface area contributed by atoms with Crippen molar-refractivity contribution in [2.24, 2.45) is 0 Å². The maximum atomic E-state index is 4.46. The van der Waals surface area contributed by atoms with Crippen molar-refractivity contribution in [3.05, 3.63) is 17.0 Å². The molecule has 0 spiro atoms. The quantitative estimate of drug-likeness (QED) is 0.599. The van der Waals surface area contributed by atoms with Crippen LogP contribution >= 0.6 is 0 Å². The molecule has 1 heterocycles. The van der Waals surface area contributed by atoms with Crippen LogP contribution in [-0.2, 0) is 19.4 Å². The van der Waals surface area contributed by atoms with Crippen molar-refractivity contribution in [3.8, 4) is 0 Å². The number of rotatable bonds is 5. The van der Waals surface area contributed by atoms with E-state index >= 15 is 0 Å². The Bertz CT molecular complexity index is 343. The van der Waals surface area contributed by atoms with Gasteiger partial charge in [0, 0.05) is 25.3 Å². The molecule has 0 fully saturated rings. The van der Waals surface area contributed by atoms with Gasteiger partial charge in [0.2, 0.25) is 0 Å². The van der Waals surface area contributed by atoms with Gasteiger partial charge in [0.1, 0.15) is 0 Å². The minimum atomic E-state index is 0.902. The summed E-state index contributed by atoms with van der Waals surface area (Å²) in [6.45, 7) is 3.00. The van der Waals surface area contributed by atoms with Crippen molar-refractivity contribution < 1.29 is 0 Å². The van der Waals surface area contributed by atoms with Gasteiger partial charge in [0.15, 0.2) is 0 Å². The lowest BCUT2D eigenvalue weighted by Gasteiger charge is -2.10. The summed E-state index contributed by atoms with van der Waals surface area (Å²) in [5, 5.41) is 11.1. The first kappa shape index (κ1) is 12.6. The largest absolute Gasteiger partial charge is 0.310 e. The van der Waals surface area contributed by atoms with Crippen LogP contribution in [0.3, 0.4) is 0 Å². The summed E-state index contributed by atoms with van der Waals surface area (Å²) in [6, 6.07) is 0. The van der Waals surface area contributed by atoms with Crippen LogP contribution in [0.5, 0.6) is 0 Å². The first-order valence-corrected chi connectivity index (χ1v) is 6.68. The van der Waals surface area contributed by atoms with Crippen LogP contribution in [0, 0.1) is 0 Å². The van der Waals surface area contributed by atoms with Gasteiger partial charge in [0.25, 0.3) is 0 Å². The Morgan fingerprint density at radius 1 is 1.24 bits per heavy atom. The Morgan fingerprint density at radius 2 is 2.06 bits per heavy atom. The summed E-state index contributed by atoms with van der Waals surface area (Å²) in [5.74, 6) is 0. The second-order valence-corrected chi connectivity index (χ2v) is 5.17. The number of nitrogens with one attached hydrogen (secondary N) is 2. The van der Waals surface area contributed by atoms with E-state index in [1.54, 1.807) is 0 Å². The smallest absolute Gasteiger partial charge is 0.0794 e. The Hall–Kier alpha value is -0.870. The molecule has 17 heavy (non-hydrogen) atoms. The van der Waals surface area contributed by atoms with Crippen LogP contribution in [0.1, 0.15) is 36.2 Å². The number of hydrogen-bond acceptors (Lipinski definition) is 3. The number of nitrogens with zero attached hydrogens (tertiary/aromatic N) is 2. The fourth-order valence-electron chi connectivity index (χ4n) is 2.38. The number of fused-ring (bicyclic) bond motifs is 1. The lowest BCUT2D eigenvalue weighted by atomic mass is 10.1. The highest BCUT2D eigenvalue weighted by Gasteiger charge is 2.14. The Kier molecular flexibility index (Phi) is 4.57. The van der Waals surface area contributed by atoms with Crippen LogP contribution in [0.15, 0.2) is 0 Å². The minimum absolute atomic E-state index is 0.902. The highest BCUT2D eigenvalue weighted by atomic mass is 15.1. The summed E-state index contributed by atoms with van der Waals surface area (Å²) in [7, 11) is 4.20. The zero-order valence-electron chi connectivity index (χ0n) is 11.1. The van der Waals surface area contributed by atoms with Crippen LogP contribution in [0.4, 0.5) is 0 Å². The van der Waals surface area contributed by atoms with Gasteiger partial charge in [-0.2, -0.15) is 5.10 Å². The van der Waals surface area contributed by atoms with E-state index in [9.17, 15) is 0 Å². The van der Waals surface area contributed by atoms with E-state index in [0.29, 0.717) is 0 Å². The number of aromatic nitrogens is 2. The minimum Gasteiger partial charge on any atom is -0.310 e. The highest BCUT2D eigenvalue weighted by Crippen LogP contribution is 2.21. The van der Waals surface area contributed by atoms with Gasteiger partial charge in [-0.3, -0.25) is 5.10 Å². The van der Waals surface area contributed by atoms with E-state index in [4.69, 9.17) is 0 Å². The van der Waals surface area contributed by atoms with Gasteiger partial charge >= 0.3 is 0 Å². The monoisotopic (exact) mass is 236 g/mol. The van der Waals surface area contributed by atoms with Crippen molar-refractivity contribution in [3.63, 3.8) is 0 Å². The molecule has 2 N–H and O–H groups in total. The number of aromatic amines is 1. The molecule has 0 aromatic carbocycles. The molecule has 0 bridgehead atoms. The molecule has 0 saturated carbocycles. The Labute approximate surface area is 104 Å². The van der Waals surface area contributed by atoms with Gasteiger partial charge in [-0.1, -0.05) is 6.42 Å². The third-order valence-corrected chi connectivity index (χ3v) is 3.42. The summed E-state index contributed by atoms with van der Waals surface area (Å²) < 4.78 is 0. The number of aryl methyl sites for hydroxylation is 1. The second kappa shape index (κ2) is 6.17. The van der Waals surface area contributed by atoms with Gasteiger partial charge in [0.05, 0.1) is 5.69 Å². The van der Waals surface area contributed by atoms with Gasteiger partial charge in [-0.25, -0.2) is 0 Å². The summed E-state index contributed by atoms with van der Waals surface area (Å²) >= 11 is 0. The van der Waals surface area contributed by atoms with E-state index in [1.165, 1.54) is 49.1 Å². The van der Waals surface area contributed by atoms with Crippen molar-refractivity contribution in [2.45, 2.75) is 38.6 Å². The molecule has 0 amide bonds. The standard InChI is InChI=1S/C13H24N4/c1-17(2)9-8-14-10-13-11-6-4-3-5-7-12(11)15-16-13/h14H,3-10H2,1-2H3,(H,15,16). The molecule has 1 aliphatic rings. The van der Waals surface area contributed by atoms with Crippen molar-refractivity contribution >= 4 is 0 Å². The van der Waals surface area contributed by atoms with Gasteiger partial charge < -0.3 is 10.2 Å². The zero-order chi connectivity index (χ0) is 12.1. The number of hydrogen-bond donors (Lipinski definition) is 2.